The van der Waals surface area contributed by atoms with Gasteiger partial charge in [-0.2, -0.15) is 0 Å². The molecule has 3 nitrogen and oxygen atoms in total. The summed E-state index contributed by atoms with van der Waals surface area (Å²) in [6.07, 6.45) is 0. The molecule has 0 heterocycles. The summed E-state index contributed by atoms with van der Waals surface area (Å²) in [7, 11) is 0. The summed E-state index contributed by atoms with van der Waals surface area (Å²) in [6.45, 7) is 1.74. The highest BCUT2D eigenvalue weighted by Crippen LogP contribution is 2.16. The number of carbonyl (C=O) groups is 1. The van der Waals surface area contributed by atoms with Crippen molar-refractivity contribution in [3.05, 3.63) is 34.6 Å². The van der Waals surface area contributed by atoms with Gasteiger partial charge in [-0.3, -0.25) is 4.79 Å². The van der Waals surface area contributed by atoms with Crippen LogP contribution in [-0.2, 0) is 11.3 Å². The summed E-state index contributed by atoms with van der Waals surface area (Å²) < 4.78 is 12.8. The van der Waals surface area contributed by atoms with Gasteiger partial charge in [-0.1, -0.05) is 11.6 Å². The molecule has 0 aromatic heterocycles. The van der Waals surface area contributed by atoms with Crippen LogP contribution in [0.3, 0.4) is 0 Å². The topological polar surface area (TPSA) is 49.3 Å². The highest BCUT2D eigenvalue weighted by atomic mass is 35.5. The molecule has 0 aliphatic rings. The van der Waals surface area contributed by atoms with Crippen LogP contribution in [-0.4, -0.2) is 17.1 Å². The second kappa shape index (κ2) is 5.09. The van der Waals surface area contributed by atoms with E-state index in [9.17, 15) is 9.18 Å². The number of benzene rings is 1. The summed E-state index contributed by atoms with van der Waals surface area (Å²) in [5, 5.41) is 11.7. The molecule has 0 saturated carbocycles. The van der Waals surface area contributed by atoms with Crippen molar-refractivity contribution in [3.8, 4) is 0 Å². The summed E-state index contributed by atoms with van der Waals surface area (Å²) in [5.74, 6) is -1.35. The molecule has 0 fully saturated rings. The van der Waals surface area contributed by atoms with Crippen molar-refractivity contribution in [1.82, 2.24) is 5.32 Å². The molecule has 1 rings (SSSR count). The average Bonchev–Trinajstić information content (AvgIpc) is 2.18. The predicted octanol–water partition coefficient (Wildman–Crippen LogP) is 2.04. The second-order valence-corrected chi connectivity index (χ2v) is 3.58. The van der Waals surface area contributed by atoms with Crippen LogP contribution >= 0.6 is 11.6 Å². The Labute approximate surface area is 91.9 Å². The highest BCUT2D eigenvalue weighted by molar-refractivity contribution is 6.31. The fourth-order valence-corrected chi connectivity index (χ4v) is 1.21. The number of halogens is 2. The Morgan fingerprint density at radius 2 is 2.33 bits per heavy atom. The Morgan fingerprint density at radius 3 is 2.93 bits per heavy atom. The van der Waals surface area contributed by atoms with Gasteiger partial charge in [0.2, 0.25) is 0 Å². The van der Waals surface area contributed by atoms with E-state index >= 15 is 0 Å². The first-order valence-electron chi connectivity index (χ1n) is 4.41. The average molecular weight is 232 g/mol. The third-order valence-corrected chi connectivity index (χ3v) is 2.35. The number of nitrogens with one attached hydrogen (secondary N) is 1. The fourth-order valence-electron chi connectivity index (χ4n) is 1.03. The summed E-state index contributed by atoms with van der Waals surface area (Å²) >= 11 is 5.81. The first-order chi connectivity index (χ1) is 7.00. The van der Waals surface area contributed by atoms with Gasteiger partial charge in [0.25, 0.3) is 0 Å². The van der Waals surface area contributed by atoms with Gasteiger partial charge in [-0.15, -0.1) is 0 Å². The number of hydrogen-bond donors (Lipinski definition) is 2. The summed E-state index contributed by atoms with van der Waals surface area (Å²) in [6, 6.07) is 3.29. The minimum atomic E-state index is -0.956. The van der Waals surface area contributed by atoms with Crippen molar-refractivity contribution in [3.63, 3.8) is 0 Å². The molecular formula is C10H11ClFNO2. The molecule has 0 aliphatic carbocycles. The van der Waals surface area contributed by atoms with E-state index in [0.717, 1.165) is 0 Å². The minimum Gasteiger partial charge on any atom is -0.480 e. The van der Waals surface area contributed by atoms with E-state index in [4.69, 9.17) is 16.7 Å². The van der Waals surface area contributed by atoms with E-state index in [0.29, 0.717) is 10.6 Å². The quantitative estimate of drug-likeness (QED) is 0.834. The maximum absolute atomic E-state index is 12.8. The summed E-state index contributed by atoms with van der Waals surface area (Å²) in [4.78, 5) is 10.5. The molecule has 1 aromatic carbocycles. The number of carboxylic acid groups (broad SMARTS) is 1. The van der Waals surface area contributed by atoms with E-state index in [1.807, 2.05) is 0 Å². The first-order valence-corrected chi connectivity index (χ1v) is 4.78. The summed E-state index contributed by atoms with van der Waals surface area (Å²) in [5.41, 5.74) is 0.546. The van der Waals surface area contributed by atoms with Crippen LogP contribution < -0.4 is 5.32 Å². The lowest BCUT2D eigenvalue weighted by molar-refractivity contribution is -0.139. The molecule has 0 radical (unpaired) electrons. The van der Waals surface area contributed by atoms with Crippen molar-refractivity contribution >= 4 is 17.6 Å². The molecular weight excluding hydrogens is 221 g/mol. The van der Waals surface area contributed by atoms with Crippen molar-refractivity contribution in [2.75, 3.05) is 0 Å². The van der Waals surface area contributed by atoms with Crippen LogP contribution in [0.25, 0.3) is 0 Å². The lowest BCUT2D eigenvalue weighted by atomic mass is 10.2. The van der Waals surface area contributed by atoms with Gasteiger partial charge < -0.3 is 10.4 Å². The zero-order chi connectivity index (χ0) is 11.4. The van der Waals surface area contributed by atoms with Crippen molar-refractivity contribution in [2.45, 2.75) is 19.5 Å². The molecule has 0 bridgehead atoms. The molecule has 0 spiro atoms. The molecule has 82 valence electrons. The number of rotatable bonds is 4. The van der Waals surface area contributed by atoms with Crippen LogP contribution in [0.5, 0.6) is 0 Å². The van der Waals surface area contributed by atoms with Gasteiger partial charge in [-0.25, -0.2) is 4.39 Å². The SMILES string of the molecule is CC(NCc1cc(F)ccc1Cl)C(=O)O. The van der Waals surface area contributed by atoms with Crippen molar-refractivity contribution in [2.24, 2.45) is 0 Å². The van der Waals surface area contributed by atoms with Crippen LogP contribution in [0.2, 0.25) is 5.02 Å². The molecule has 2 N–H and O–H groups in total. The van der Waals surface area contributed by atoms with Crippen LogP contribution in [0.15, 0.2) is 18.2 Å². The van der Waals surface area contributed by atoms with Gasteiger partial charge in [0, 0.05) is 11.6 Å². The Bertz CT molecular complexity index is 370. The standard InChI is InChI=1S/C10H11ClFNO2/c1-6(10(14)15)13-5-7-4-8(12)2-3-9(7)11/h2-4,6,13H,5H2,1H3,(H,14,15). The van der Waals surface area contributed by atoms with Crippen molar-refractivity contribution < 1.29 is 14.3 Å². The largest absolute Gasteiger partial charge is 0.480 e. The highest BCUT2D eigenvalue weighted by Gasteiger charge is 2.10. The van der Waals surface area contributed by atoms with Crippen LogP contribution in [0, 0.1) is 5.82 Å². The number of carboxylic acids is 1. The van der Waals surface area contributed by atoms with Gasteiger partial charge in [0.15, 0.2) is 0 Å². The molecule has 0 saturated heterocycles. The minimum absolute atomic E-state index is 0.226. The van der Waals surface area contributed by atoms with E-state index < -0.39 is 12.0 Å². The third-order valence-electron chi connectivity index (χ3n) is 1.98. The van der Waals surface area contributed by atoms with E-state index in [-0.39, 0.29) is 12.4 Å². The Morgan fingerprint density at radius 1 is 1.67 bits per heavy atom. The van der Waals surface area contributed by atoms with Gasteiger partial charge >= 0.3 is 5.97 Å². The molecule has 1 aromatic rings. The molecule has 15 heavy (non-hydrogen) atoms. The Balaban J connectivity index is 2.65. The van der Waals surface area contributed by atoms with Gasteiger partial charge in [-0.05, 0) is 30.7 Å². The maximum Gasteiger partial charge on any atom is 0.320 e. The normalized spacial score (nSPS) is 12.5. The number of aliphatic carboxylic acids is 1. The molecule has 0 aliphatic heterocycles. The maximum atomic E-state index is 12.8. The molecule has 1 unspecified atom stereocenters. The lowest BCUT2D eigenvalue weighted by Gasteiger charge is -2.10. The van der Waals surface area contributed by atoms with Crippen LogP contribution in [0.4, 0.5) is 4.39 Å². The first kappa shape index (κ1) is 11.9. The Hall–Kier alpha value is -1.13. The third kappa shape index (κ3) is 3.49. The zero-order valence-electron chi connectivity index (χ0n) is 8.13. The molecule has 1 atom stereocenters. The van der Waals surface area contributed by atoms with E-state index in [2.05, 4.69) is 5.32 Å². The Kier molecular flexibility index (Phi) is 4.05. The van der Waals surface area contributed by atoms with Crippen LogP contribution in [0.1, 0.15) is 12.5 Å². The van der Waals surface area contributed by atoms with Gasteiger partial charge in [0.1, 0.15) is 11.9 Å². The van der Waals surface area contributed by atoms with E-state index in [1.54, 1.807) is 0 Å². The molecule has 0 amide bonds. The lowest BCUT2D eigenvalue weighted by Crippen LogP contribution is -2.33. The van der Waals surface area contributed by atoms with Crippen molar-refractivity contribution in [1.29, 1.82) is 0 Å². The fraction of sp³-hybridized carbons (Fsp3) is 0.300. The second-order valence-electron chi connectivity index (χ2n) is 3.18. The predicted molar refractivity (Wildman–Crippen MR) is 55.3 cm³/mol. The van der Waals surface area contributed by atoms with E-state index in [1.165, 1.54) is 25.1 Å². The zero-order valence-corrected chi connectivity index (χ0v) is 8.88. The smallest absolute Gasteiger partial charge is 0.320 e. The molecule has 5 heteroatoms. The number of hydrogen-bond acceptors (Lipinski definition) is 2. The monoisotopic (exact) mass is 231 g/mol. The van der Waals surface area contributed by atoms with Gasteiger partial charge in [0.05, 0.1) is 0 Å².